The molecule has 2 rings (SSSR count). The Kier molecular flexibility index (Phi) is 2.72. The molecule has 1 aromatic carbocycles. The van der Waals surface area contributed by atoms with Crippen LogP contribution >= 0.6 is 0 Å². The maximum Gasteiger partial charge on any atom is 0.127 e. The fraction of sp³-hybridized carbons (Fsp3) is 0.0833. The molecule has 3 nitrogen and oxygen atoms in total. The van der Waals surface area contributed by atoms with E-state index in [1.54, 1.807) is 24.5 Å². The molecule has 1 heterocycles. The summed E-state index contributed by atoms with van der Waals surface area (Å²) in [4.78, 5) is 3.96. The van der Waals surface area contributed by atoms with Crippen LogP contribution in [-0.2, 0) is 0 Å². The SMILES string of the molecule is COc1cc(F)cc(-c2cncc(N)c2)c1. The average molecular weight is 218 g/mol. The first-order valence-corrected chi connectivity index (χ1v) is 4.74. The zero-order chi connectivity index (χ0) is 11.5. The molecular formula is C12H11FN2O. The molecule has 0 saturated carbocycles. The number of rotatable bonds is 2. The van der Waals surface area contributed by atoms with Crippen LogP contribution < -0.4 is 10.5 Å². The summed E-state index contributed by atoms with van der Waals surface area (Å²) in [6.07, 6.45) is 3.17. The van der Waals surface area contributed by atoms with Gasteiger partial charge in [-0.25, -0.2) is 4.39 Å². The molecule has 2 aromatic rings. The van der Waals surface area contributed by atoms with E-state index in [0.29, 0.717) is 17.0 Å². The lowest BCUT2D eigenvalue weighted by Gasteiger charge is -2.05. The summed E-state index contributed by atoms with van der Waals surface area (Å²) in [6.45, 7) is 0. The Hall–Kier alpha value is -2.10. The van der Waals surface area contributed by atoms with Crippen molar-refractivity contribution in [3.63, 3.8) is 0 Å². The zero-order valence-electron chi connectivity index (χ0n) is 8.77. The van der Waals surface area contributed by atoms with Crippen LogP contribution in [0.1, 0.15) is 0 Å². The first-order valence-electron chi connectivity index (χ1n) is 4.74. The van der Waals surface area contributed by atoms with Crippen LogP contribution in [0, 0.1) is 5.82 Å². The second-order valence-electron chi connectivity index (χ2n) is 3.39. The number of hydrogen-bond acceptors (Lipinski definition) is 3. The van der Waals surface area contributed by atoms with E-state index >= 15 is 0 Å². The van der Waals surface area contributed by atoms with Gasteiger partial charge in [-0.15, -0.1) is 0 Å². The number of hydrogen-bond donors (Lipinski definition) is 1. The summed E-state index contributed by atoms with van der Waals surface area (Å²) >= 11 is 0. The maximum absolute atomic E-state index is 13.3. The molecule has 2 N–H and O–H groups in total. The second kappa shape index (κ2) is 4.18. The predicted octanol–water partition coefficient (Wildman–Crippen LogP) is 2.48. The van der Waals surface area contributed by atoms with Crippen LogP contribution in [0.2, 0.25) is 0 Å². The zero-order valence-corrected chi connectivity index (χ0v) is 8.77. The standard InChI is InChI=1S/C12H11FN2O/c1-16-12-4-8(2-10(13)5-12)9-3-11(14)7-15-6-9/h2-7H,14H2,1H3. The topological polar surface area (TPSA) is 48.1 Å². The summed E-state index contributed by atoms with van der Waals surface area (Å²) < 4.78 is 18.3. The highest BCUT2D eigenvalue weighted by atomic mass is 19.1. The highest BCUT2D eigenvalue weighted by molar-refractivity contribution is 5.67. The fourth-order valence-electron chi connectivity index (χ4n) is 1.46. The van der Waals surface area contributed by atoms with E-state index in [2.05, 4.69) is 4.98 Å². The lowest BCUT2D eigenvalue weighted by atomic mass is 10.1. The van der Waals surface area contributed by atoms with Crippen molar-refractivity contribution in [3.8, 4) is 16.9 Å². The van der Waals surface area contributed by atoms with Crippen molar-refractivity contribution in [3.05, 3.63) is 42.5 Å². The first kappa shape index (κ1) is 10.4. The van der Waals surface area contributed by atoms with E-state index in [-0.39, 0.29) is 5.82 Å². The van der Waals surface area contributed by atoms with Gasteiger partial charge in [0.05, 0.1) is 12.8 Å². The van der Waals surface area contributed by atoms with Crippen LogP contribution in [0.5, 0.6) is 5.75 Å². The van der Waals surface area contributed by atoms with Crippen molar-refractivity contribution in [2.24, 2.45) is 0 Å². The lowest BCUT2D eigenvalue weighted by molar-refractivity contribution is 0.411. The molecular weight excluding hydrogens is 207 g/mol. The van der Waals surface area contributed by atoms with Crippen LogP contribution in [0.4, 0.5) is 10.1 Å². The number of ether oxygens (including phenoxy) is 1. The maximum atomic E-state index is 13.3. The molecule has 0 amide bonds. The third-order valence-corrected chi connectivity index (χ3v) is 2.20. The number of methoxy groups -OCH3 is 1. The van der Waals surface area contributed by atoms with E-state index in [4.69, 9.17) is 10.5 Å². The van der Waals surface area contributed by atoms with Gasteiger partial charge in [-0.2, -0.15) is 0 Å². The molecule has 0 aliphatic heterocycles. The number of anilines is 1. The van der Waals surface area contributed by atoms with Gasteiger partial charge in [-0.05, 0) is 23.8 Å². The minimum atomic E-state index is -0.350. The van der Waals surface area contributed by atoms with Gasteiger partial charge in [0.2, 0.25) is 0 Å². The Morgan fingerprint density at radius 1 is 1.12 bits per heavy atom. The Bertz CT molecular complexity index is 514. The molecule has 0 aliphatic carbocycles. The van der Waals surface area contributed by atoms with Crippen LogP contribution in [-0.4, -0.2) is 12.1 Å². The first-order chi connectivity index (χ1) is 7.69. The van der Waals surface area contributed by atoms with Crippen molar-refractivity contribution in [1.82, 2.24) is 4.98 Å². The number of benzene rings is 1. The smallest absolute Gasteiger partial charge is 0.127 e. The van der Waals surface area contributed by atoms with Crippen LogP contribution in [0.15, 0.2) is 36.7 Å². The van der Waals surface area contributed by atoms with Gasteiger partial charge in [-0.3, -0.25) is 4.98 Å². The molecule has 0 saturated heterocycles. The van der Waals surface area contributed by atoms with E-state index in [1.165, 1.54) is 19.2 Å². The van der Waals surface area contributed by atoms with Gasteiger partial charge < -0.3 is 10.5 Å². The number of nitrogens with zero attached hydrogens (tertiary/aromatic N) is 1. The number of nitrogen functional groups attached to an aromatic ring is 1. The molecule has 16 heavy (non-hydrogen) atoms. The second-order valence-corrected chi connectivity index (χ2v) is 3.39. The van der Waals surface area contributed by atoms with Crippen molar-refractivity contribution in [2.45, 2.75) is 0 Å². The molecule has 0 radical (unpaired) electrons. The van der Waals surface area contributed by atoms with Gasteiger partial charge in [0, 0.05) is 24.0 Å². The van der Waals surface area contributed by atoms with E-state index < -0.39 is 0 Å². The monoisotopic (exact) mass is 218 g/mol. The molecule has 82 valence electrons. The quantitative estimate of drug-likeness (QED) is 0.842. The summed E-state index contributed by atoms with van der Waals surface area (Å²) in [5, 5.41) is 0. The summed E-state index contributed by atoms with van der Waals surface area (Å²) in [5.41, 5.74) is 7.61. The van der Waals surface area contributed by atoms with Gasteiger partial charge >= 0.3 is 0 Å². The summed E-state index contributed by atoms with van der Waals surface area (Å²) in [5.74, 6) is 0.120. The number of pyridine rings is 1. The van der Waals surface area contributed by atoms with E-state index in [1.807, 2.05) is 0 Å². The van der Waals surface area contributed by atoms with E-state index in [9.17, 15) is 4.39 Å². The third-order valence-electron chi connectivity index (χ3n) is 2.20. The number of halogens is 1. The Balaban J connectivity index is 2.51. The van der Waals surface area contributed by atoms with Crippen molar-refractivity contribution in [1.29, 1.82) is 0 Å². The fourth-order valence-corrected chi connectivity index (χ4v) is 1.46. The Morgan fingerprint density at radius 3 is 2.62 bits per heavy atom. The summed E-state index contributed by atoms with van der Waals surface area (Å²) in [7, 11) is 1.50. The Morgan fingerprint density at radius 2 is 1.94 bits per heavy atom. The van der Waals surface area contributed by atoms with Crippen molar-refractivity contribution in [2.75, 3.05) is 12.8 Å². The van der Waals surface area contributed by atoms with E-state index in [0.717, 1.165) is 5.56 Å². The molecule has 0 fully saturated rings. The normalized spacial score (nSPS) is 10.1. The highest BCUT2D eigenvalue weighted by Gasteiger charge is 2.04. The molecule has 4 heteroatoms. The number of aromatic nitrogens is 1. The Labute approximate surface area is 92.7 Å². The highest BCUT2D eigenvalue weighted by Crippen LogP contribution is 2.25. The van der Waals surface area contributed by atoms with Crippen molar-refractivity contribution >= 4 is 5.69 Å². The minimum absolute atomic E-state index is 0.350. The largest absolute Gasteiger partial charge is 0.497 e. The molecule has 0 aliphatic rings. The van der Waals surface area contributed by atoms with Crippen LogP contribution in [0.3, 0.4) is 0 Å². The van der Waals surface area contributed by atoms with Crippen molar-refractivity contribution < 1.29 is 9.13 Å². The molecule has 0 unspecified atom stereocenters. The van der Waals surface area contributed by atoms with Gasteiger partial charge in [0.15, 0.2) is 0 Å². The summed E-state index contributed by atoms with van der Waals surface area (Å²) in [6, 6.07) is 6.21. The molecule has 0 bridgehead atoms. The number of nitrogens with two attached hydrogens (primary N) is 1. The molecule has 0 spiro atoms. The van der Waals surface area contributed by atoms with Gasteiger partial charge in [0.1, 0.15) is 11.6 Å². The molecule has 1 aromatic heterocycles. The predicted molar refractivity (Wildman–Crippen MR) is 60.6 cm³/mol. The molecule has 0 atom stereocenters. The van der Waals surface area contributed by atoms with Gasteiger partial charge in [-0.1, -0.05) is 0 Å². The lowest BCUT2D eigenvalue weighted by Crippen LogP contribution is -1.90. The van der Waals surface area contributed by atoms with Gasteiger partial charge in [0.25, 0.3) is 0 Å². The van der Waals surface area contributed by atoms with Crippen LogP contribution in [0.25, 0.3) is 11.1 Å². The average Bonchev–Trinajstić information content (AvgIpc) is 2.28. The third kappa shape index (κ3) is 2.11. The minimum Gasteiger partial charge on any atom is -0.497 e.